The van der Waals surface area contributed by atoms with Gasteiger partial charge in [-0.25, -0.2) is 10.1 Å². The van der Waals surface area contributed by atoms with E-state index in [0.29, 0.717) is 19.0 Å². The van der Waals surface area contributed by atoms with Crippen LogP contribution in [0.2, 0.25) is 0 Å². The molecule has 0 amide bonds. The van der Waals surface area contributed by atoms with Gasteiger partial charge in [-0.15, -0.1) is 0 Å². The van der Waals surface area contributed by atoms with Crippen molar-refractivity contribution < 1.29 is 5.21 Å². The Bertz CT molecular complexity index is 255. The van der Waals surface area contributed by atoms with Crippen molar-refractivity contribution >= 4 is 11.5 Å². The van der Waals surface area contributed by atoms with Gasteiger partial charge in [0.1, 0.15) is 0 Å². The third kappa shape index (κ3) is 1.04. The Morgan fingerprint density at radius 3 is 3.36 bits per heavy atom. The lowest BCUT2D eigenvalue weighted by Crippen LogP contribution is -2.42. The molecule has 2 aliphatic rings. The fraction of sp³-hybridized carbons (Fsp3) is 0.333. The SMILES string of the molecule is ON1C=CN=C2CNCN=C21. The number of hydroxylamine groups is 2. The monoisotopic (exact) mass is 152 g/mol. The largest absolute Gasteiger partial charge is 0.292 e. The van der Waals surface area contributed by atoms with Crippen LogP contribution >= 0.6 is 0 Å². The van der Waals surface area contributed by atoms with Gasteiger partial charge in [-0.1, -0.05) is 0 Å². The first-order valence-corrected chi connectivity index (χ1v) is 3.35. The van der Waals surface area contributed by atoms with Gasteiger partial charge in [0.2, 0.25) is 0 Å². The van der Waals surface area contributed by atoms with E-state index in [-0.39, 0.29) is 0 Å². The molecule has 11 heavy (non-hydrogen) atoms. The number of hydrogen-bond donors (Lipinski definition) is 2. The van der Waals surface area contributed by atoms with Crippen molar-refractivity contribution in [1.29, 1.82) is 0 Å². The minimum Gasteiger partial charge on any atom is -0.292 e. The number of nitrogens with one attached hydrogen (secondary N) is 1. The summed E-state index contributed by atoms with van der Waals surface area (Å²) in [5, 5.41) is 13.2. The normalized spacial score (nSPS) is 22.5. The van der Waals surface area contributed by atoms with Crippen LogP contribution in [0.3, 0.4) is 0 Å². The van der Waals surface area contributed by atoms with Gasteiger partial charge < -0.3 is 0 Å². The first-order valence-electron chi connectivity index (χ1n) is 3.35. The minimum atomic E-state index is 0.541. The molecule has 0 saturated heterocycles. The third-order valence-electron chi connectivity index (χ3n) is 1.55. The fourth-order valence-electron chi connectivity index (χ4n) is 1.04. The van der Waals surface area contributed by atoms with E-state index in [4.69, 9.17) is 0 Å². The Labute approximate surface area is 63.7 Å². The Kier molecular flexibility index (Phi) is 1.45. The molecule has 0 spiro atoms. The summed E-state index contributed by atoms with van der Waals surface area (Å²) in [5.41, 5.74) is 0.779. The molecule has 58 valence electrons. The van der Waals surface area contributed by atoms with Crippen LogP contribution in [0, 0.1) is 0 Å². The highest BCUT2D eigenvalue weighted by molar-refractivity contribution is 6.42. The predicted molar refractivity (Wildman–Crippen MR) is 40.5 cm³/mol. The molecule has 0 aromatic rings. The van der Waals surface area contributed by atoms with Gasteiger partial charge in [0.25, 0.3) is 0 Å². The van der Waals surface area contributed by atoms with Crippen LogP contribution in [-0.4, -0.2) is 35.0 Å². The average Bonchev–Trinajstić information content (AvgIpc) is 2.06. The van der Waals surface area contributed by atoms with Crippen LogP contribution in [0.25, 0.3) is 0 Å². The summed E-state index contributed by atoms with van der Waals surface area (Å²) >= 11 is 0. The summed E-state index contributed by atoms with van der Waals surface area (Å²) in [7, 11) is 0. The smallest absolute Gasteiger partial charge is 0.176 e. The second-order valence-electron chi connectivity index (χ2n) is 2.29. The second-order valence-corrected chi connectivity index (χ2v) is 2.29. The van der Waals surface area contributed by atoms with E-state index < -0.39 is 0 Å². The molecule has 0 radical (unpaired) electrons. The van der Waals surface area contributed by atoms with E-state index in [9.17, 15) is 5.21 Å². The van der Waals surface area contributed by atoms with Crippen LogP contribution in [0.4, 0.5) is 0 Å². The number of amidine groups is 1. The highest BCUT2D eigenvalue weighted by Crippen LogP contribution is 2.02. The highest BCUT2D eigenvalue weighted by Gasteiger charge is 2.18. The van der Waals surface area contributed by atoms with Crippen LogP contribution in [0.5, 0.6) is 0 Å². The first-order chi connectivity index (χ1) is 5.38. The molecule has 2 N–H and O–H groups in total. The molecule has 2 aliphatic heterocycles. The summed E-state index contributed by atoms with van der Waals surface area (Å²) in [6.45, 7) is 1.21. The minimum absolute atomic E-state index is 0.541. The Hall–Kier alpha value is -1.20. The maximum Gasteiger partial charge on any atom is 0.176 e. The topological polar surface area (TPSA) is 60.2 Å². The van der Waals surface area contributed by atoms with E-state index in [0.717, 1.165) is 10.8 Å². The number of aliphatic imine (C=N–C) groups is 2. The number of fused-ring (bicyclic) bond motifs is 1. The summed E-state index contributed by atoms with van der Waals surface area (Å²) < 4.78 is 0. The van der Waals surface area contributed by atoms with Gasteiger partial charge in [0.05, 0.1) is 18.6 Å². The highest BCUT2D eigenvalue weighted by atomic mass is 16.5. The molecular formula is C6H8N4O. The van der Waals surface area contributed by atoms with E-state index >= 15 is 0 Å². The lowest BCUT2D eigenvalue weighted by molar-refractivity contribution is 0.0384. The zero-order valence-corrected chi connectivity index (χ0v) is 5.86. The quantitative estimate of drug-likeness (QED) is 0.495. The van der Waals surface area contributed by atoms with Crippen molar-refractivity contribution in [3.8, 4) is 0 Å². The van der Waals surface area contributed by atoms with E-state index in [1.54, 1.807) is 6.20 Å². The Balaban J connectivity index is 2.35. The van der Waals surface area contributed by atoms with Crippen molar-refractivity contribution in [2.24, 2.45) is 9.98 Å². The van der Waals surface area contributed by atoms with Crippen molar-refractivity contribution in [3.63, 3.8) is 0 Å². The molecule has 0 aromatic heterocycles. The Morgan fingerprint density at radius 1 is 1.64 bits per heavy atom. The first kappa shape index (κ1) is 6.51. The lowest BCUT2D eigenvalue weighted by atomic mass is 10.3. The molecule has 0 aliphatic carbocycles. The number of rotatable bonds is 0. The summed E-state index contributed by atoms with van der Waals surface area (Å²) in [4.78, 5) is 8.07. The van der Waals surface area contributed by atoms with Gasteiger partial charge in [0.15, 0.2) is 5.84 Å². The molecule has 0 unspecified atom stereocenters. The Morgan fingerprint density at radius 2 is 2.55 bits per heavy atom. The molecule has 2 heterocycles. The lowest BCUT2D eigenvalue weighted by Gasteiger charge is -2.22. The number of nitrogens with zero attached hydrogens (tertiary/aromatic N) is 3. The predicted octanol–water partition coefficient (Wildman–Crippen LogP) is -0.437. The van der Waals surface area contributed by atoms with Crippen molar-refractivity contribution in [2.75, 3.05) is 13.2 Å². The summed E-state index contributed by atoms with van der Waals surface area (Å²) in [6, 6.07) is 0. The summed E-state index contributed by atoms with van der Waals surface area (Å²) in [6.07, 6.45) is 3.01. The van der Waals surface area contributed by atoms with Gasteiger partial charge in [-0.2, -0.15) is 0 Å². The van der Waals surface area contributed by atoms with Crippen LogP contribution in [-0.2, 0) is 0 Å². The van der Waals surface area contributed by atoms with Crippen LogP contribution in [0.1, 0.15) is 0 Å². The molecule has 2 rings (SSSR count). The third-order valence-corrected chi connectivity index (χ3v) is 1.55. The van der Waals surface area contributed by atoms with Crippen LogP contribution < -0.4 is 5.32 Å². The fourth-order valence-corrected chi connectivity index (χ4v) is 1.04. The molecule has 0 fully saturated rings. The van der Waals surface area contributed by atoms with E-state index in [1.165, 1.54) is 6.20 Å². The van der Waals surface area contributed by atoms with Gasteiger partial charge in [0, 0.05) is 12.7 Å². The second kappa shape index (κ2) is 2.44. The average molecular weight is 152 g/mol. The van der Waals surface area contributed by atoms with E-state index in [1.807, 2.05) is 0 Å². The van der Waals surface area contributed by atoms with Gasteiger partial charge >= 0.3 is 0 Å². The molecule has 0 saturated carbocycles. The molecule has 5 nitrogen and oxygen atoms in total. The van der Waals surface area contributed by atoms with Crippen molar-refractivity contribution in [2.45, 2.75) is 0 Å². The van der Waals surface area contributed by atoms with Crippen molar-refractivity contribution in [3.05, 3.63) is 12.4 Å². The standard InChI is InChI=1S/C6H8N4O/c11-10-2-1-8-5-3-7-4-9-6(5)10/h1-2,7,11H,3-4H2. The van der Waals surface area contributed by atoms with Gasteiger partial charge in [-0.3, -0.25) is 15.5 Å². The van der Waals surface area contributed by atoms with Gasteiger partial charge in [-0.05, 0) is 0 Å². The van der Waals surface area contributed by atoms with E-state index in [2.05, 4.69) is 15.3 Å². The zero-order chi connectivity index (χ0) is 7.68. The number of hydrogen-bond acceptors (Lipinski definition) is 5. The molecular weight excluding hydrogens is 144 g/mol. The molecule has 0 bridgehead atoms. The van der Waals surface area contributed by atoms with Crippen molar-refractivity contribution in [1.82, 2.24) is 10.4 Å². The molecule has 0 atom stereocenters. The molecule has 0 aromatic carbocycles. The summed E-state index contributed by atoms with van der Waals surface area (Å²) in [5.74, 6) is 0.547. The molecule has 5 heteroatoms. The zero-order valence-electron chi connectivity index (χ0n) is 5.86. The maximum atomic E-state index is 9.21. The maximum absolute atomic E-state index is 9.21. The van der Waals surface area contributed by atoms with Crippen LogP contribution in [0.15, 0.2) is 22.4 Å².